The fraction of sp³-hybridized carbons (Fsp3) is 0.231. The molecule has 0 aliphatic rings. The maximum Gasteiger partial charge on any atom is 0.258 e. The Labute approximate surface area is 123 Å². The van der Waals surface area contributed by atoms with Crippen LogP contribution in [0, 0.1) is 0 Å². The second-order valence-corrected chi connectivity index (χ2v) is 5.41. The largest absolute Gasteiger partial charge is 0.493 e. The monoisotopic (exact) mass is 342 g/mol. The molecule has 100 valence electrons. The molecule has 1 heterocycles. The lowest BCUT2D eigenvalue weighted by molar-refractivity contribution is 0.443. The van der Waals surface area contributed by atoms with E-state index in [1.54, 1.807) is 18.2 Å². The summed E-state index contributed by atoms with van der Waals surface area (Å²) >= 11 is 9.40. The van der Waals surface area contributed by atoms with Gasteiger partial charge in [0.1, 0.15) is 5.82 Å². The predicted octanol–water partition coefficient (Wildman–Crippen LogP) is 3.51. The Hall–Kier alpha value is -1.33. The van der Waals surface area contributed by atoms with Gasteiger partial charge < -0.3 is 10.1 Å². The fourth-order valence-electron chi connectivity index (χ4n) is 1.77. The van der Waals surface area contributed by atoms with E-state index in [-0.39, 0.29) is 17.3 Å². The topological polar surface area (TPSA) is 66.0 Å². The molecule has 0 aliphatic carbocycles. The lowest BCUT2D eigenvalue weighted by Gasteiger charge is -2.07. The van der Waals surface area contributed by atoms with Crippen LogP contribution in [0.5, 0.6) is 5.88 Å². The van der Waals surface area contributed by atoms with Crippen LogP contribution in [0.1, 0.15) is 18.9 Å². The summed E-state index contributed by atoms with van der Waals surface area (Å²) in [6, 6.07) is 5.22. The fourth-order valence-corrected chi connectivity index (χ4v) is 2.53. The molecule has 2 N–H and O–H groups in total. The normalized spacial score (nSPS) is 10.7. The minimum atomic E-state index is -0.330. The first-order valence-corrected chi connectivity index (χ1v) is 6.97. The maximum absolute atomic E-state index is 11.9. The highest BCUT2D eigenvalue weighted by atomic mass is 79.9. The van der Waals surface area contributed by atoms with Crippen LogP contribution in [0.25, 0.3) is 11.4 Å². The first-order valence-electron chi connectivity index (χ1n) is 5.80. The van der Waals surface area contributed by atoms with Crippen LogP contribution >= 0.6 is 27.5 Å². The minimum Gasteiger partial charge on any atom is -0.493 e. The summed E-state index contributed by atoms with van der Waals surface area (Å²) in [5, 5.41) is 10.3. The summed E-state index contributed by atoms with van der Waals surface area (Å²) in [6.45, 7) is 1.93. The van der Waals surface area contributed by atoms with Crippen molar-refractivity contribution in [1.82, 2.24) is 9.97 Å². The quantitative estimate of drug-likeness (QED) is 0.896. The van der Waals surface area contributed by atoms with E-state index in [0.717, 1.165) is 10.9 Å². The molecule has 6 heteroatoms. The third-order valence-electron chi connectivity index (χ3n) is 2.68. The number of hydrogen-bond donors (Lipinski definition) is 2. The number of nitrogens with one attached hydrogen (secondary N) is 1. The van der Waals surface area contributed by atoms with Crippen LogP contribution < -0.4 is 5.56 Å². The molecule has 0 saturated carbocycles. The van der Waals surface area contributed by atoms with Crippen molar-refractivity contribution in [3.8, 4) is 17.3 Å². The number of aromatic amines is 1. The smallest absolute Gasteiger partial charge is 0.258 e. The van der Waals surface area contributed by atoms with Crippen LogP contribution in [0.3, 0.4) is 0 Å². The van der Waals surface area contributed by atoms with E-state index in [1.165, 1.54) is 0 Å². The van der Waals surface area contributed by atoms with Gasteiger partial charge >= 0.3 is 0 Å². The van der Waals surface area contributed by atoms with Gasteiger partial charge in [-0.15, -0.1) is 0 Å². The summed E-state index contributed by atoms with van der Waals surface area (Å²) in [7, 11) is 0. The molecule has 0 radical (unpaired) electrons. The molecule has 19 heavy (non-hydrogen) atoms. The second kappa shape index (κ2) is 5.75. The van der Waals surface area contributed by atoms with Gasteiger partial charge in [-0.3, -0.25) is 4.79 Å². The Morgan fingerprint density at radius 3 is 2.79 bits per heavy atom. The maximum atomic E-state index is 11.9. The van der Waals surface area contributed by atoms with Crippen LogP contribution in [0.15, 0.2) is 27.5 Å². The SMILES string of the molecule is CCCc1c(O)nc(-c2ccc(Br)cc2Cl)[nH]c1=O. The minimum absolute atomic E-state index is 0.236. The molecule has 0 unspecified atom stereocenters. The lowest BCUT2D eigenvalue weighted by atomic mass is 10.1. The van der Waals surface area contributed by atoms with Crippen LogP contribution in [-0.4, -0.2) is 15.1 Å². The third kappa shape index (κ3) is 2.98. The highest BCUT2D eigenvalue weighted by Gasteiger charge is 2.13. The molecule has 2 aromatic rings. The molecule has 0 amide bonds. The van der Waals surface area contributed by atoms with Gasteiger partial charge in [-0.25, -0.2) is 0 Å². The molecule has 0 spiro atoms. The van der Waals surface area contributed by atoms with E-state index in [1.807, 2.05) is 6.92 Å². The van der Waals surface area contributed by atoms with Crippen LogP contribution in [0.4, 0.5) is 0 Å². The van der Waals surface area contributed by atoms with E-state index in [9.17, 15) is 9.90 Å². The Morgan fingerprint density at radius 2 is 2.21 bits per heavy atom. The molecule has 1 aromatic heterocycles. The second-order valence-electron chi connectivity index (χ2n) is 4.09. The molecule has 0 saturated heterocycles. The zero-order valence-corrected chi connectivity index (χ0v) is 12.5. The van der Waals surface area contributed by atoms with Gasteiger partial charge in [0.2, 0.25) is 5.88 Å². The first-order chi connectivity index (χ1) is 9.02. The summed E-state index contributed by atoms with van der Waals surface area (Å²) in [5.74, 6) is 0.0273. The predicted molar refractivity (Wildman–Crippen MR) is 78.7 cm³/mol. The Morgan fingerprint density at radius 1 is 1.47 bits per heavy atom. The average molecular weight is 344 g/mol. The van der Waals surface area contributed by atoms with Crippen molar-refractivity contribution in [1.29, 1.82) is 0 Å². The van der Waals surface area contributed by atoms with Gasteiger partial charge in [0, 0.05) is 10.0 Å². The first kappa shape index (κ1) is 14.1. The summed E-state index contributed by atoms with van der Waals surface area (Å²) in [4.78, 5) is 18.6. The van der Waals surface area contributed by atoms with Crippen molar-refractivity contribution >= 4 is 27.5 Å². The van der Waals surface area contributed by atoms with E-state index < -0.39 is 0 Å². The summed E-state index contributed by atoms with van der Waals surface area (Å²) < 4.78 is 0.829. The van der Waals surface area contributed by atoms with Gasteiger partial charge in [-0.2, -0.15) is 4.98 Å². The number of aromatic nitrogens is 2. The number of nitrogens with zero attached hydrogens (tertiary/aromatic N) is 1. The van der Waals surface area contributed by atoms with Gasteiger partial charge in [0.15, 0.2) is 0 Å². The Bertz CT molecular complexity index is 670. The van der Waals surface area contributed by atoms with Crippen LogP contribution in [0.2, 0.25) is 5.02 Å². The molecule has 0 fully saturated rings. The van der Waals surface area contributed by atoms with Gasteiger partial charge in [0.05, 0.1) is 10.6 Å². The average Bonchev–Trinajstić information content (AvgIpc) is 2.33. The van der Waals surface area contributed by atoms with Crippen molar-refractivity contribution in [2.75, 3.05) is 0 Å². The number of aromatic hydroxyl groups is 1. The zero-order chi connectivity index (χ0) is 14.0. The Kier molecular flexibility index (Phi) is 4.27. The van der Waals surface area contributed by atoms with Crippen molar-refractivity contribution in [2.24, 2.45) is 0 Å². The molecular formula is C13H12BrClN2O2. The molecule has 0 atom stereocenters. The Balaban J connectivity index is 2.55. The number of benzene rings is 1. The number of rotatable bonds is 3. The van der Waals surface area contributed by atoms with Crippen molar-refractivity contribution in [3.05, 3.63) is 43.6 Å². The number of H-pyrrole nitrogens is 1. The molecule has 4 nitrogen and oxygen atoms in total. The van der Waals surface area contributed by atoms with Gasteiger partial charge in [0.25, 0.3) is 5.56 Å². The molecular weight excluding hydrogens is 332 g/mol. The molecule has 2 rings (SSSR count). The number of halogens is 2. The van der Waals surface area contributed by atoms with Gasteiger partial charge in [-0.05, 0) is 24.6 Å². The third-order valence-corrected chi connectivity index (χ3v) is 3.49. The lowest BCUT2D eigenvalue weighted by Crippen LogP contribution is -2.15. The van der Waals surface area contributed by atoms with Crippen molar-refractivity contribution < 1.29 is 5.11 Å². The van der Waals surface area contributed by atoms with Crippen molar-refractivity contribution in [3.63, 3.8) is 0 Å². The van der Waals surface area contributed by atoms with E-state index >= 15 is 0 Å². The summed E-state index contributed by atoms with van der Waals surface area (Å²) in [5.41, 5.74) is 0.545. The standard InChI is InChI=1S/C13H12BrClN2O2/c1-2-3-9-12(18)16-11(17-13(9)19)8-5-4-7(14)6-10(8)15/h4-6H,2-3H2,1H3,(H2,16,17,18,19). The van der Waals surface area contributed by atoms with Crippen molar-refractivity contribution in [2.45, 2.75) is 19.8 Å². The van der Waals surface area contributed by atoms with E-state index in [4.69, 9.17) is 11.6 Å². The zero-order valence-electron chi connectivity index (χ0n) is 10.2. The van der Waals surface area contributed by atoms with Gasteiger partial charge in [-0.1, -0.05) is 40.9 Å². The molecule has 1 aromatic carbocycles. The molecule has 0 aliphatic heterocycles. The number of hydrogen-bond acceptors (Lipinski definition) is 3. The van der Waals surface area contributed by atoms with E-state index in [0.29, 0.717) is 22.6 Å². The highest BCUT2D eigenvalue weighted by molar-refractivity contribution is 9.10. The highest BCUT2D eigenvalue weighted by Crippen LogP contribution is 2.28. The molecule has 0 bridgehead atoms. The van der Waals surface area contributed by atoms with Crippen LogP contribution in [-0.2, 0) is 6.42 Å². The summed E-state index contributed by atoms with van der Waals surface area (Å²) in [6.07, 6.45) is 1.25. The van der Waals surface area contributed by atoms with E-state index in [2.05, 4.69) is 25.9 Å².